The minimum Gasteiger partial charge on any atom is -0.332 e. The van der Waals surface area contributed by atoms with E-state index in [1.165, 1.54) is 5.56 Å². The lowest BCUT2D eigenvalue weighted by atomic mass is 10.0. The van der Waals surface area contributed by atoms with Crippen LogP contribution in [0.2, 0.25) is 0 Å². The van der Waals surface area contributed by atoms with Crippen LogP contribution in [0.4, 0.5) is 0 Å². The van der Waals surface area contributed by atoms with E-state index in [1.54, 1.807) is 22.7 Å². The van der Waals surface area contributed by atoms with Gasteiger partial charge in [0.25, 0.3) is 0 Å². The van der Waals surface area contributed by atoms with E-state index < -0.39 is 0 Å². The molecule has 0 N–H and O–H groups in total. The molecule has 27 heavy (non-hydrogen) atoms. The fourth-order valence-corrected chi connectivity index (χ4v) is 4.30. The summed E-state index contributed by atoms with van der Waals surface area (Å²) in [5.74, 6) is 0.0496. The molecule has 0 atom stereocenters. The zero-order chi connectivity index (χ0) is 19.1. The number of aryl methyl sites for hydroxylation is 1. The summed E-state index contributed by atoms with van der Waals surface area (Å²) in [6.07, 6.45) is 1.44. The summed E-state index contributed by atoms with van der Waals surface area (Å²) in [6, 6.07) is 15.8. The molecule has 3 nitrogen and oxygen atoms in total. The number of amides is 1. The molecule has 0 saturated heterocycles. The zero-order valence-corrected chi connectivity index (χ0v) is 17.0. The van der Waals surface area contributed by atoms with Crippen LogP contribution in [0.5, 0.6) is 0 Å². The van der Waals surface area contributed by atoms with Crippen molar-refractivity contribution in [1.29, 1.82) is 0 Å². The molecule has 0 bridgehead atoms. The number of rotatable bonds is 9. The van der Waals surface area contributed by atoms with E-state index in [-0.39, 0.29) is 24.5 Å². The van der Waals surface area contributed by atoms with Gasteiger partial charge in [0, 0.05) is 28.2 Å². The smallest absolute Gasteiger partial charge is 0.223 e. The molecule has 0 radical (unpaired) electrons. The maximum Gasteiger partial charge on any atom is 0.223 e. The summed E-state index contributed by atoms with van der Waals surface area (Å²) in [5.41, 5.74) is 1.89. The topological polar surface area (TPSA) is 37.4 Å². The summed E-state index contributed by atoms with van der Waals surface area (Å²) < 4.78 is 0. The summed E-state index contributed by atoms with van der Waals surface area (Å²) in [5, 5.41) is 4.04. The van der Waals surface area contributed by atoms with Gasteiger partial charge in [-0.1, -0.05) is 43.3 Å². The quantitative estimate of drug-likeness (QED) is 0.443. The van der Waals surface area contributed by atoms with Crippen molar-refractivity contribution in [3.05, 3.63) is 80.2 Å². The van der Waals surface area contributed by atoms with E-state index in [4.69, 9.17) is 0 Å². The number of carbonyl (C=O) groups is 2. The van der Waals surface area contributed by atoms with E-state index in [1.807, 2.05) is 64.2 Å². The first-order chi connectivity index (χ1) is 13.2. The first kappa shape index (κ1) is 19.5. The third-order valence-electron chi connectivity index (χ3n) is 4.46. The van der Waals surface area contributed by atoms with E-state index in [0.29, 0.717) is 18.7 Å². The molecule has 0 unspecified atom stereocenters. The van der Waals surface area contributed by atoms with Crippen LogP contribution in [0.3, 0.4) is 0 Å². The normalized spacial score (nSPS) is 10.7. The van der Waals surface area contributed by atoms with Gasteiger partial charge in [-0.15, -0.1) is 22.7 Å². The fraction of sp³-hybridized carbons (Fsp3) is 0.273. The van der Waals surface area contributed by atoms with Gasteiger partial charge in [-0.3, -0.25) is 9.59 Å². The summed E-state index contributed by atoms with van der Waals surface area (Å²) >= 11 is 3.30. The standard InChI is InChI=1S/C22H23NO2S2/c1-2-17-7-9-18(10-8-17)21(24)11-12-22(25)23(15-19-5-3-13-26-19)16-20-6-4-14-27-20/h3-10,13-14H,2,11-12,15-16H2,1H3. The lowest BCUT2D eigenvalue weighted by molar-refractivity contribution is -0.132. The number of hydrogen-bond acceptors (Lipinski definition) is 4. The van der Waals surface area contributed by atoms with Crippen molar-refractivity contribution in [2.24, 2.45) is 0 Å². The van der Waals surface area contributed by atoms with Gasteiger partial charge in [-0.05, 0) is 34.9 Å². The highest BCUT2D eigenvalue weighted by Gasteiger charge is 2.17. The average molecular weight is 398 g/mol. The van der Waals surface area contributed by atoms with Crippen LogP contribution in [-0.2, 0) is 24.3 Å². The molecule has 2 heterocycles. The van der Waals surface area contributed by atoms with E-state index in [9.17, 15) is 9.59 Å². The molecular formula is C22H23NO2S2. The molecule has 3 rings (SSSR count). The van der Waals surface area contributed by atoms with Gasteiger partial charge in [-0.2, -0.15) is 0 Å². The Hall–Kier alpha value is -2.24. The first-order valence-corrected chi connectivity index (χ1v) is 10.9. The van der Waals surface area contributed by atoms with Crippen LogP contribution in [0.25, 0.3) is 0 Å². The van der Waals surface area contributed by atoms with Crippen LogP contribution >= 0.6 is 22.7 Å². The van der Waals surface area contributed by atoms with Crippen molar-refractivity contribution in [3.63, 3.8) is 0 Å². The Morgan fingerprint density at radius 3 is 1.93 bits per heavy atom. The van der Waals surface area contributed by atoms with Gasteiger partial charge < -0.3 is 4.90 Å². The Bertz CT molecular complexity index is 816. The maximum atomic E-state index is 12.8. The highest BCUT2D eigenvalue weighted by Crippen LogP contribution is 2.19. The first-order valence-electron chi connectivity index (χ1n) is 9.10. The molecule has 0 saturated carbocycles. The number of nitrogens with zero attached hydrogens (tertiary/aromatic N) is 1. The van der Waals surface area contributed by atoms with Crippen molar-refractivity contribution in [2.75, 3.05) is 0 Å². The Kier molecular flexibility index (Phi) is 6.96. The van der Waals surface area contributed by atoms with Crippen LogP contribution in [-0.4, -0.2) is 16.6 Å². The molecule has 1 amide bonds. The highest BCUT2D eigenvalue weighted by molar-refractivity contribution is 7.10. The van der Waals surface area contributed by atoms with Crippen molar-refractivity contribution in [3.8, 4) is 0 Å². The molecule has 0 aliphatic carbocycles. The van der Waals surface area contributed by atoms with Crippen molar-refractivity contribution >= 4 is 34.4 Å². The van der Waals surface area contributed by atoms with Crippen LogP contribution in [0.15, 0.2) is 59.3 Å². The predicted molar refractivity (Wildman–Crippen MR) is 112 cm³/mol. The van der Waals surface area contributed by atoms with Crippen molar-refractivity contribution in [1.82, 2.24) is 4.90 Å². The molecular weight excluding hydrogens is 374 g/mol. The molecule has 140 valence electrons. The van der Waals surface area contributed by atoms with Gasteiger partial charge in [0.1, 0.15) is 0 Å². The molecule has 0 fully saturated rings. The minimum atomic E-state index is 0.0235. The Balaban J connectivity index is 1.61. The number of Topliss-reactive ketones (excluding diaryl/α,β-unsaturated/α-hetero) is 1. The summed E-state index contributed by atoms with van der Waals surface area (Å²) in [7, 11) is 0. The second kappa shape index (κ2) is 9.62. The summed E-state index contributed by atoms with van der Waals surface area (Å²) in [4.78, 5) is 29.4. The predicted octanol–water partition coefficient (Wildman–Crippen LogP) is 5.56. The third-order valence-corrected chi connectivity index (χ3v) is 6.18. The van der Waals surface area contributed by atoms with Gasteiger partial charge in [0.2, 0.25) is 5.91 Å². The number of benzene rings is 1. The van der Waals surface area contributed by atoms with Gasteiger partial charge in [0.15, 0.2) is 5.78 Å². The maximum absolute atomic E-state index is 12.8. The highest BCUT2D eigenvalue weighted by atomic mass is 32.1. The second-order valence-electron chi connectivity index (χ2n) is 6.38. The molecule has 5 heteroatoms. The number of hydrogen-bond donors (Lipinski definition) is 0. The molecule has 0 spiro atoms. The molecule has 3 aromatic rings. The Labute approximate surface area is 168 Å². The molecule has 1 aromatic carbocycles. The SMILES string of the molecule is CCc1ccc(C(=O)CCC(=O)N(Cc2cccs2)Cc2cccs2)cc1. The fourth-order valence-electron chi connectivity index (χ4n) is 2.86. The number of ketones is 1. The largest absolute Gasteiger partial charge is 0.332 e. The summed E-state index contributed by atoms with van der Waals surface area (Å²) in [6.45, 7) is 3.27. The number of carbonyl (C=O) groups excluding carboxylic acids is 2. The van der Waals surface area contributed by atoms with E-state index in [0.717, 1.165) is 16.2 Å². The molecule has 0 aliphatic heterocycles. The second-order valence-corrected chi connectivity index (χ2v) is 8.45. The van der Waals surface area contributed by atoms with Gasteiger partial charge >= 0.3 is 0 Å². The van der Waals surface area contributed by atoms with Crippen LogP contribution < -0.4 is 0 Å². The minimum absolute atomic E-state index is 0.0235. The Morgan fingerprint density at radius 2 is 1.44 bits per heavy atom. The van der Waals surface area contributed by atoms with Crippen LogP contribution in [0.1, 0.15) is 45.4 Å². The van der Waals surface area contributed by atoms with Crippen molar-refractivity contribution < 1.29 is 9.59 Å². The monoisotopic (exact) mass is 397 g/mol. The van der Waals surface area contributed by atoms with Gasteiger partial charge in [-0.25, -0.2) is 0 Å². The van der Waals surface area contributed by atoms with Gasteiger partial charge in [0.05, 0.1) is 13.1 Å². The van der Waals surface area contributed by atoms with Crippen molar-refractivity contribution in [2.45, 2.75) is 39.3 Å². The lowest BCUT2D eigenvalue weighted by Crippen LogP contribution is -2.29. The zero-order valence-electron chi connectivity index (χ0n) is 15.4. The lowest BCUT2D eigenvalue weighted by Gasteiger charge is -2.21. The third kappa shape index (κ3) is 5.62. The van der Waals surface area contributed by atoms with E-state index in [2.05, 4.69) is 6.92 Å². The van der Waals surface area contributed by atoms with E-state index >= 15 is 0 Å². The molecule has 0 aliphatic rings. The average Bonchev–Trinajstić information content (AvgIpc) is 3.39. The van der Waals surface area contributed by atoms with Crippen LogP contribution in [0, 0.1) is 0 Å². The molecule has 2 aromatic heterocycles. The Morgan fingerprint density at radius 1 is 0.852 bits per heavy atom. The number of thiophene rings is 2.